The maximum Gasteiger partial charge on any atom is 0.267 e. The zero-order valence-electron chi connectivity index (χ0n) is 5.75. The van der Waals surface area contributed by atoms with Gasteiger partial charge in [0.2, 0.25) is 6.54 Å². The molecule has 10 heavy (non-hydrogen) atoms. The Morgan fingerprint density at radius 2 is 2.50 bits per heavy atom. The van der Waals surface area contributed by atoms with Crippen molar-refractivity contribution in [3.8, 4) is 0 Å². The Balaban J connectivity index is 2.27. The molecular formula is C8H10N2+. The molecule has 51 valence electrons. The summed E-state index contributed by atoms with van der Waals surface area (Å²) in [6, 6.07) is 0.388. The van der Waals surface area contributed by atoms with E-state index in [0.29, 0.717) is 6.04 Å². The number of hydrogen-bond acceptors (Lipinski definition) is 2. The summed E-state index contributed by atoms with van der Waals surface area (Å²) in [5, 5.41) is 3.35. The van der Waals surface area contributed by atoms with Crippen molar-refractivity contribution in [2.45, 2.75) is 6.04 Å². The molecule has 0 aromatic carbocycles. The fraction of sp³-hybridized carbons (Fsp3) is 0.375. The number of rotatable bonds is 0. The van der Waals surface area contributed by atoms with Crippen LogP contribution < -0.4 is 10.3 Å². The molecule has 0 spiro atoms. The summed E-state index contributed by atoms with van der Waals surface area (Å²) < 4.78 is 0. The second-order valence-electron chi connectivity index (χ2n) is 2.48. The maximum atomic E-state index is 4.37. The molecule has 2 aliphatic rings. The first-order chi connectivity index (χ1) is 4.97. The van der Waals surface area contributed by atoms with Gasteiger partial charge in [-0.05, 0) is 0 Å². The van der Waals surface area contributed by atoms with Crippen molar-refractivity contribution in [3.63, 3.8) is 0 Å². The number of nitrogens with zero attached hydrogens (tertiary/aromatic N) is 1. The SMILES string of the molecule is C1=CC2=[N+]CCNC2C=C1. The largest absolute Gasteiger partial charge is 0.295 e. The van der Waals surface area contributed by atoms with Crippen molar-refractivity contribution < 1.29 is 0 Å². The summed E-state index contributed by atoms with van der Waals surface area (Å²) in [6.07, 6.45) is 8.29. The van der Waals surface area contributed by atoms with Gasteiger partial charge in [0.05, 0.1) is 6.54 Å². The third kappa shape index (κ3) is 0.907. The molecule has 0 aromatic rings. The molecule has 0 bridgehead atoms. The van der Waals surface area contributed by atoms with Crippen LogP contribution in [0.25, 0.3) is 0 Å². The van der Waals surface area contributed by atoms with Crippen LogP contribution >= 0.6 is 0 Å². The van der Waals surface area contributed by atoms with E-state index in [0.717, 1.165) is 13.1 Å². The van der Waals surface area contributed by atoms with E-state index in [4.69, 9.17) is 0 Å². The number of fused-ring (bicyclic) bond motifs is 1. The second-order valence-corrected chi connectivity index (χ2v) is 2.48. The molecule has 2 nitrogen and oxygen atoms in total. The van der Waals surface area contributed by atoms with Crippen LogP contribution in [0.2, 0.25) is 0 Å². The molecule has 0 fully saturated rings. The van der Waals surface area contributed by atoms with Crippen molar-refractivity contribution in [3.05, 3.63) is 24.3 Å². The van der Waals surface area contributed by atoms with E-state index in [1.165, 1.54) is 5.71 Å². The zero-order chi connectivity index (χ0) is 6.81. The highest BCUT2D eigenvalue weighted by molar-refractivity contribution is 6.01. The summed E-state index contributed by atoms with van der Waals surface area (Å²) in [7, 11) is 0. The first kappa shape index (κ1) is 5.86. The van der Waals surface area contributed by atoms with Crippen LogP contribution in [-0.4, -0.2) is 24.8 Å². The molecule has 0 amide bonds. The minimum absolute atomic E-state index is 0.388. The van der Waals surface area contributed by atoms with E-state index >= 15 is 0 Å². The standard InChI is InChI=1S/C8H10N2/c1-2-4-8-7(3-1)9-5-6-10-8/h1-4,7,9H,5-6H2/q+1. The highest BCUT2D eigenvalue weighted by Gasteiger charge is 2.24. The van der Waals surface area contributed by atoms with Crippen LogP contribution in [0.3, 0.4) is 0 Å². The van der Waals surface area contributed by atoms with Crippen LogP contribution in [-0.2, 0) is 0 Å². The smallest absolute Gasteiger partial charge is 0.267 e. The van der Waals surface area contributed by atoms with E-state index in [1.807, 2.05) is 6.08 Å². The lowest BCUT2D eigenvalue weighted by Gasteiger charge is -2.12. The minimum atomic E-state index is 0.388. The van der Waals surface area contributed by atoms with Gasteiger partial charge in [-0.3, -0.25) is 5.32 Å². The van der Waals surface area contributed by atoms with Crippen molar-refractivity contribution in [1.29, 1.82) is 0 Å². The topological polar surface area (TPSA) is 26.1 Å². The quantitative estimate of drug-likeness (QED) is 0.490. The molecule has 1 radical (unpaired) electrons. The zero-order valence-corrected chi connectivity index (χ0v) is 5.75. The number of aliphatic imine (C=N–C) groups is 1. The Hall–Kier alpha value is -0.890. The molecule has 1 N–H and O–H groups in total. The van der Waals surface area contributed by atoms with Gasteiger partial charge in [-0.2, -0.15) is 0 Å². The van der Waals surface area contributed by atoms with E-state index < -0.39 is 0 Å². The third-order valence-electron chi connectivity index (χ3n) is 1.77. The van der Waals surface area contributed by atoms with Crippen LogP contribution in [0.4, 0.5) is 0 Å². The monoisotopic (exact) mass is 134 g/mol. The molecule has 1 atom stereocenters. The van der Waals surface area contributed by atoms with Crippen molar-refractivity contribution >= 4 is 5.71 Å². The fourth-order valence-corrected chi connectivity index (χ4v) is 1.26. The molecule has 1 heterocycles. The summed E-state index contributed by atoms with van der Waals surface area (Å²) in [6.45, 7) is 1.93. The van der Waals surface area contributed by atoms with Gasteiger partial charge in [-0.25, -0.2) is 0 Å². The number of allylic oxidation sites excluding steroid dienone is 2. The Labute approximate surface area is 60.3 Å². The average Bonchev–Trinajstić information content (AvgIpc) is 2.05. The lowest BCUT2D eigenvalue weighted by molar-refractivity contribution is 0.644. The lowest BCUT2D eigenvalue weighted by Crippen LogP contribution is -2.44. The molecule has 0 aromatic heterocycles. The Morgan fingerprint density at radius 1 is 1.50 bits per heavy atom. The van der Waals surface area contributed by atoms with Crippen LogP contribution in [0.5, 0.6) is 0 Å². The predicted octanol–water partition coefficient (Wildman–Crippen LogP) is -0.139. The number of nitrogens with one attached hydrogen (secondary N) is 1. The predicted molar refractivity (Wildman–Crippen MR) is 42.1 cm³/mol. The van der Waals surface area contributed by atoms with E-state index in [2.05, 4.69) is 28.5 Å². The fourth-order valence-electron chi connectivity index (χ4n) is 1.26. The Bertz CT molecular complexity index is 213. The van der Waals surface area contributed by atoms with Crippen LogP contribution in [0.1, 0.15) is 0 Å². The summed E-state index contributed by atoms with van der Waals surface area (Å²) in [4.78, 5) is 4.37. The van der Waals surface area contributed by atoms with Crippen molar-refractivity contribution in [2.75, 3.05) is 13.1 Å². The average molecular weight is 134 g/mol. The minimum Gasteiger partial charge on any atom is -0.295 e. The maximum absolute atomic E-state index is 4.37. The Kier molecular flexibility index (Phi) is 1.40. The van der Waals surface area contributed by atoms with Crippen molar-refractivity contribution in [2.24, 2.45) is 0 Å². The van der Waals surface area contributed by atoms with Crippen molar-refractivity contribution in [1.82, 2.24) is 10.3 Å². The van der Waals surface area contributed by atoms with Gasteiger partial charge < -0.3 is 0 Å². The highest BCUT2D eigenvalue weighted by Crippen LogP contribution is 2.00. The molecule has 0 saturated heterocycles. The first-order valence-corrected chi connectivity index (χ1v) is 3.59. The lowest BCUT2D eigenvalue weighted by atomic mass is 10.1. The van der Waals surface area contributed by atoms with E-state index in [9.17, 15) is 0 Å². The molecular weight excluding hydrogens is 124 g/mol. The first-order valence-electron chi connectivity index (χ1n) is 3.59. The van der Waals surface area contributed by atoms with Gasteiger partial charge in [0, 0.05) is 11.1 Å². The molecule has 2 heteroatoms. The number of hydrogen-bond donors (Lipinski definition) is 1. The molecule has 1 unspecified atom stereocenters. The summed E-state index contributed by atoms with van der Waals surface area (Å²) in [5.74, 6) is 0. The van der Waals surface area contributed by atoms with E-state index in [1.54, 1.807) is 0 Å². The third-order valence-corrected chi connectivity index (χ3v) is 1.77. The highest BCUT2D eigenvalue weighted by atomic mass is 15.0. The summed E-state index contributed by atoms with van der Waals surface area (Å²) in [5.41, 5.74) is 1.17. The molecule has 0 saturated carbocycles. The van der Waals surface area contributed by atoms with Gasteiger partial charge in [-0.15, -0.1) is 0 Å². The molecule has 1 aliphatic heterocycles. The molecule has 1 aliphatic carbocycles. The van der Waals surface area contributed by atoms with Gasteiger partial charge in [0.25, 0.3) is 5.71 Å². The van der Waals surface area contributed by atoms with E-state index in [-0.39, 0.29) is 0 Å². The van der Waals surface area contributed by atoms with Crippen LogP contribution in [0, 0.1) is 0 Å². The van der Waals surface area contributed by atoms with Gasteiger partial charge in [0.15, 0.2) is 0 Å². The normalized spacial score (nSPS) is 29.6. The van der Waals surface area contributed by atoms with Crippen LogP contribution in [0.15, 0.2) is 24.3 Å². The van der Waals surface area contributed by atoms with Gasteiger partial charge in [-0.1, -0.05) is 18.2 Å². The van der Waals surface area contributed by atoms with Gasteiger partial charge >= 0.3 is 0 Å². The summed E-state index contributed by atoms with van der Waals surface area (Å²) >= 11 is 0. The molecule has 2 rings (SSSR count). The van der Waals surface area contributed by atoms with Gasteiger partial charge in [0.1, 0.15) is 6.04 Å². The Morgan fingerprint density at radius 3 is 3.40 bits per heavy atom. The second kappa shape index (κ2) is 2.39.